The standard InChI is InChI=1S/C15H24N2O3/c1-2-5-17-11-16-9-13(17)14(18)12-3-6-20-15(8-12)4-7-19-10-15/h9,11-12,14,18H,2-8,10H2,1H3. The maximum absolute atomic E-state index is 10.7. The monoisotopic (exact) mass is 280 g/mol. The van der Waals surface area contributed by atoms with Gasteiger partial charge in [0.2, 0.25) is 0 Å². The van der Waals surface area contributed by atoms with Gasteiger partial charge >= 0.3 is 0 Å². The van der Waals surface area contributed by atoms with E-state index < -0.39 is 6.10 Å². The molecular weight excluding hydrogens is 256 g/mol. The van der Waals surface area contributed by atoms with E-state index in [1.165, 1.54) is 0 Å². The van der Waals surface area contributed by atoms with Gasteiger partial charge in [-0.1, -0.05) is 6.92 Å². The van der Waals surface area contributed by atoms with Gasteiger partial charge in [-0.15, -0.1) is 0 Å². The number of hydrogen-bond acceptors (Lipinski definition) is 4. The molecule has 5 heteroatoms. The van der Waals surface area contributed by atoms with E-state index >= 15 is 0 Å². The average molecular weight is 280 g/mol. The Balaban J connectivity index is 1.72. The second kappa shape index (κ2) is 5.84. The van der Waals surface area contributed by atoms with E-state index in [9.17, 15) is 5.11 Å². The molecule has 0 saturated carbocycles. The maximum Gasteiger partial charge on any atom is 0.0985 e. The van der Waals surface area contributed by atoms with Gasteiger partial charge in [-0.3, -0.25) is 0 Å². The fourth-order valence-electron chi connectivity index (χ4n) is 3.44. The van der Waals surface area contributed by atoms with Gasteiger partial charge in [0.1, 0.15) is 0 Å². The summed E-state index contributed by atoms with van der Waals surface area (Å²) < 4.78 is 13.5. The van der Waals surface area contributed by atoms with Crippen LogP contribution < -0.4 is 0 Å². The summed E-state index contributed by atoms with van der Waals surface area (Å²) >= 11 is 0. The molecule has 2 saturated heterocycles. The summed E-state index contributed by atoms with van der Waals surface area (Å²) in [5.41, 5.74) is 0.785. The summed E-state index contributed by atoms with van der Waals surface area (Å²) in [6.07, 6.45) is 6.94. The highest BCUT2D eigenvalue weighted by Gasteiger charge is 2.43. The van der Waals surface area contributed by atoms with Gasteiger partial charge in [-0.2, -0.15) is 0 Å². The molecule has 1 N–H and O–H groups in total. The highest BCUT2D eigenvalue weighted by molar-refractivity contribution is 5.06. The molecule has 2 aliphatic heterocycles. The molecule has 3 heterocycles. The number of aliphatic hydroxyl groups is 1. The molecular formula is C15H24N2O3. The molecule has 5 nitrogen and oxygen atoms in total. The second-order valence-corrected chi connectivity index (χ2v) is 6.04. The molecule has 0 radical (unpaired) electrons. The van der Waals surface area contributed by atoms with E-state index in [1.54, 1.807) is 6.20 Å². The lowest BCUT2D eigenvalue weighted by atomic mass is 9.81. The molecule has 112 valence electrons. The third-order valence-electron chi connectivity index (χ3n) is 4.56. The Hall–Kier alpha value is -0.910. The van der Waals surface area contributed by atoms with Crippen molar-refractivity contribution in [2.75, 3.05) is 19.8 Å². The van der Waals surface area contributed by atoms with Crippen LogP contribution in [0.4, 0.5) is 0 Å². The quantitative estimate of drug-likeness (QED) is 0.915. The highest BCUT2D eigenvalue weighted by Crippen LogP contribution is 2.40. The van der Waals surface area contributed by atoms with Gasteiger partial charge in [0.15, 0.2) is 0 Å². The first kappa shape index (κ1) is 14.0. The van der Waals surface area contributed by atoms with Crippen molar-refractivity contribution in [2.45, 2.75) is 50.9 Å². The molecule has 0 bridgehead atoms. The van der Waals surface area contributed by atoms with Gasteiger partial charge < -0.3 is 19.1 Å². The minimum Gasteiger partial charge on any atom is -0.387 e. The fraction of sp³-hybridized carbons (Fsp3) is 0.800. The van der Waals surface area contributed by atoms with Crippen LogP contribution in [0, 0.1) is 5.92 Å². The summed E-state index contributed by atoms with van der Waals surface area (Å²) in [6, 6.07) is 0. The first-order valence-electron chi connectivity index (χ1n) is 7.64. The van der Waals surface area contributed by atoms with E-state index in [1.807, 2.05) is 6.33 Å². The molecule has 1 aromatic heterocycles. The Labute approximate surface area is 119 Å². The van der Waals surface area contributed by atoms with Crippen LogP contribution in [0.1, 0.15) is 44.4 Å². The molecule has 0 aliphatic carbocycles. The zero-order valence-corrected chi connectivity index (χ0v) is 12.1. The molecule has 1 aromatic rings. The minimum absolute atomic E-state index is 0.153. The largest absolute Gasteiger partial charge is 0.387 e. The van der Waals surface area contributed by atoms with E-state index in [-0.39, 0.29) is 11.5 Å². The molecule has 3 unspecified atom stereocenters. The van der Waals surface area contributed by atoms with Crippen molar-refractivity contribution in [1.82, 2.24) is 9.55 Å². The SMILES string of the molecule is CCCn1cncc1C(O)C1CCOC2(CCOC2)C1. The van der Waals surface area contributed by atoms with Crippen LogP contribution in [0.3, 0.4) is 0 Å². The second-order valence-electron chi connectivity index (χ2n) is 6.04. The predicted molar refractivity (Wildman–Crippen MR) is 74.3 cm³/mol. The Morgan fingerprint density at radius 1 is 1.55 bits per heavy atom. The van der Waals surface area contributed by atoms with Crippen LogP contribution in [-0.2, 0) is 16.0 Å². The fourth-order valence-corrected chi connectivity index (χ4v) is 3.44. The molecule has 3 rings (SSSR count). The summed E-state index contributed by atoms with van der Waals surface area (Å²) in [5.74, 6) is 0.234. The van der Waals surface area contributed by atoms with Crippen molar-refractivity contribution in [3.05, 3.63) is 18.2 Å². The zero-order chi connectivity index (χ0) is 14.0. The smallest absolute Gasteiger partial charge is 0.0985 e. The highest BCUT2D eigenvalue weighted by atomic mass is 16.6. The van der Waals surface area contributed by atoms with Crippen LogP contribution in [0.5, 0.6) is 0 Å². The summed E-state index contributed by atoms with van der Waals surface area (Å²) in [4.78, 5) is 4.19. The van der Waals surface area contributed by atoms with E-state index in [4.69, 9.17) is 9.47 Å². The maximum atomic E-state index is 10.7. The van der Waals surface area contributed by atoms with E-state index in [0.717, 1.165) is 44.5 Å². The molecule has 0 aromatic carbocycles. The summed E-state index contributed by atoms with van der Waals surface area (Å²) in [6.45, 7) is 5.20. The van der Waals surface area contributed by atoms with Crippen molar-refractivity contribution in [1.29, 1.82) is 0 Å². The van der Waals surface area contributed by atoms with Crippen LogP contribution >= 0.6 is 0 Å². The number of aromatic nitrogens is 2. The molecule has 2 aliphatic rings. The van der Waals surface area contributed by atoms with Crippen molar-refractivity contribution >= 4 is 0 Å². The molecule has 3 atom stereocenters. The number of aliphatic hydroxyl groups excluding tert-OH is 1. The van der Waals surface area contributed by atoms with Gasteiger partial charge in [0, 0.05) is 26.2 Å². The van der Waals surface area contributed by atoms with Crippen LogP contribution in [0.2, 0.25) is 0 Å². The number of ether oxygens (including phenoxy) is 2. The number of hydrogen-bond donors (Lipinski definition) is 1. The van der Waals surface area contributed by atoms with Gasteiger partial charge in [-0.05, 0) is 25.2 Å². The topological polar surface area (TPSA) is 56.5 Å². The molecule has 1 spiro atoms. The first-order valence-corrected chi connectivity index (χ1v) is 7.64. The first-order chi connectivity index (χ1) is 9.74. The van der Waals surface area contributed by atoms with E-state index in [0.29, 0.717) is 13.2 Å². The Kier molecular flexibility index (Phi) is 4.10. The summed E-state index contributed by atoms with van der Waals surface area (Å²) in [7, 11) is 0. The molecule has 20 heavy (non-hydrogen) atoms. The van der Waals surface area contributed by atoms with Crippen LogP contribution in [0.15, 0.2) is 12.5 Å². The normalized spacial score (nSPS) is 31.8. The lowest BCUT2D eigenvalue weighted by molar-refractivity contribution is -0.118. The minimum atomic E-state index is -0.453. The van der Waals surface area contributed by atoms with Crippen LogP contribution in [0.25, 0.3) is 0 Å². The van der Waals surface area contributed by atoms with Gasteiger partial charge in [0.25, 0.3) is 0 Å². The average Bonchev–Trinajstić information content (AvgIpc) is 3.09. The van der Waals surface area contributed by atoms with Crippen LogP contribution in [-0.4, -0.2) is 40.1 Å². The number of aryl methyl sites for hydroxylation is 1. The Morgan fingerprint density at radius 2 is 2.45 bits per heavy atom. The third kappa shape index (κ3) is 2.62. The number of nitrogens with zero attached hydrogens (tertiary/aromatic N) is 2. The molecule has 2 fully saturated rings. The van der Waals surface area contributed by atoms with Gasteiger partial charge in [0.05, 0.1) is 36.5 Å². The Bertz CT molecular complexity index is 440. The van der Waals surface area contributed by atoms with Crippen molar-refractivity contribution < 1.29 is 14.6 Å². The number of rotatable bonds is 4. The molecule has 0 amide bonds. The zero-order valence-electron chi connectivity index (χ0n) is 12.1. The lowest BCUT2D eigenvalue weighted by Gasteiger charge is -2.39. The predicted octanol–water partition coefficient (Wildman–Crippen LogP) is 1.91. The van der Waals surface area contributed by atoms with Crippen molar-refractivity contribution in [2.24, 2.45) is 5.92 Å². The Morgan fingerprint density at radius 3 is 3.20 bits per heavy atom. The lowest BCUT2D eigenvalue weighted by Crippen LogP contribution is -2.42. The van der Waals surface area contributed by atoms with Crippen molar-refractivity contribution in [3.8, 4) is 0 Å². The van der Waals surface area contributed by atoms with Crippen molar-refractivity contribution in [3.63, 3.8) is 0 Å². The summed E-state index contributed by atoms with van der Waals surface area (Å²) in [5, 5.41) is 10.7. The number of imidazole rings is 1. The van der Waals surface area contributed by atoms with Gasteiger partial charge in [-0.25, -0.2) is 4.98 Å². The van der Waals surface area contributed by atoms with E-state index in [2.05, 4.69) is 16.5 Å². The third-order valence-corrected chi connectivity index (χ3v) is 4.56.